The van der Waals surface area contributed by atoms with Gasteiger partial charge in [-0.15, -0.1) is 0 Å². The number of rotatable bonds is 4. The minimum absolute atomic E-state index is 0.00786. The quantitative estimate of drug-likeness (QED) is 0.517. The van der Waals surface area contributed by atoms with Crippen LogP contribution in [0.25, 0.3) is 0 Å². The van der Waals surface area contributed by atoms with Crippen LogP contribution in [0.15, 0.2) is 6.20 Å². The average Bonchev–Trinajstić information content (AvgIpc) is 2.24. The molecule has 1 aromatic heterocycles. The third kappa shape index (κ3) is 3.80. The third-order valence-electron chi connectivity index (χ3n) is 2.99. The first-order valence-electron chi connectivity index (χ1n) is 5.62. The fraction of sp³-hybridized carbons (Fsp3) is 0.636. The minimum Gasteiger partial charge on any atom is -0.364 e. The number of halogens is 1. The fourth-order valence-electron chi connectivity index (χ4n) is 1.17. The van der Waals surface area contributed by atoms with Crippen LogP contribution in [-0.4, -0.2) is 21.4 Å². The number of nitrogens with one attached hydrogen (secondary N) is 1. The van der Waals surface area contributed by atoms with Gasteiger partial charge in [0.1, 0.15) is 6.20 Å². The zero-order valence-corrected chi connectivity index (χ0v) is 11.7. The van der Waals surface area contributed by atoms with E-state index < -0.39 is 4.92 Å². The van der Waals surface area contributed by atoms with E-state index in [2.05, 4.69) is 43.0 Å². The highest BCUT2D eigenvalue weighted by atomic mass is 35.5. The van der Waals surface area contributed by atoms with Crippen molar-refractivity contribution in [3.8, 4) is 0 Å². The van der Waals surface area contributed by atoms with Gasteiger partial charge in [0, 0.05) is 6.54 Å². The van der Waals surface area contributed by atoms with Crippen molar-refractivity contribution < 1.29 is 4.92 Å². The highest BCUT2D eigenvalue weighted by Crippen LogP contribution is 2.27. The van der Waals surface area contributed by atoms with Crippen molar-refractivity contribution >= 4 is 23.1 Å². The Labute approximate surface area is 111 Å². The maximum Gasteiger partial charge on any atom is 0.329 e. The molecule has 0 spiro atoms. The highest BCUT2D eigenvalue weighted by molar-refractivity contribution is 6.28. The summed E-state index contributed by atoms with van der Waals surface area (Å²) < 4.78 is 0. The Morgan fingerprint density at radius 2 is 2.17 bits per heavy atom. The molecule has 6 nitrogen and oxygen atoms in total. The van der Waals surface area contributed by atoms with Gasteiger partial charge in [0.05, 0.1) is 4.92 Å². The van der Waals surface area contributed by atoms with E-state index in [-0.39, 0.29) is 22.2 Å². The molecule has 1 unspecified atom stereocenters. The number of nitrogens with zero attached hydrogens (tertiary/aromatic N) is 3. The van der Waals surface area contributed by atoms with Crippen LogP contribution in [0.4, 0.5) is 11.5 Å². The van der Waals surface area contributed by atoms with E-state index in [0.717, 1.165) is 6.20 Å². The van der Waals surface area contributed by atoms with E-state index in [1.807, 2.05) is 0 Å². The Kier molecular flexibility index (Phi) is 4.45. The van der Waals surface area contributed by atoms with Crippen LogP contribution in [0.1, 0.15) is 27.7 Å². The zero-order chi connectivity index (χ0) is 13.9. The second kappa shape index (κ2) is 5.48. The van der Waals surface area contributed by atoms with Gasteiger partial charge < -0.3 is 5.32 Å². The van der Waals surface area contributed by atoms with Crippen LogP contribution >= 0.6 is 11.6 Å². The van der Waals surface area contributed by atoms with Gasteiger partial charge in [0.2, 0.25) is 11.1 Å². The standard InChI is InChI=1S/C11H17ClN4O2/c1-7(11(2,3)4)5-13-9-8(16(17)18)6-14-10(12)15-9/h6-7H,5H2,1-4H3,(H,13,14,15). The van der Waals surface area contributed by atoms with Crippen LogP contribution < -0.4 is 5.32 Å². The molecule has 1 rings (SSSR count). The molecule has 0 radical (unpaired) electrons. The van der Waals surface area contributed by atoms with Gasteiger partial charge in [0.25, 0.3) is 0 Å². The summed E-state index contributed by atoms with van der Waals surface area (Å²) in [5.74, 6) is 0.488. The second-order valence-electron chi connectivity index (χ2n) is 5.28. The summed E-state index contributed by atoms with van der Waals surface area (Å²) in [6.07, 6.45) is 1.11. The molecule has 1 atom stereocenters. The number of nitro groups is 1. The lowest BCUT2D eigenvalue weighted by Gasteiger charge is -2.27. The maximum absolute atomic E-state index is 10.8. The minimum atomic E-state index is -0.527. The summed E-state index contributed by atoms with van der Waals surface area (Å²) in [7, 11) is 0. The first-order valence-corrected chi connectivity index (χ1v) is 6.00. The Balaban J connectivity index is 2.84. The van der Waals surface area contributed by atoms with E-state index in [4.69, 9.17) is 11.6 Å². The zero-order valence-electron chi connectivity index (χ0n) is 10.9. The Morgan fingerprint density at radius 3 is 2.67 bits per heavy atom. The van der Waals surface area contributed by atoms with Gasteiger partial charge in [-0.2, -0.15) is 4.98 Å². The van der Waals surface area contributed by atoms with Gasteiger partial charge in [0.15, 0.2) is 0 Å². The molecule has 18 heavy (non-hydrogen) atoms. The van der Waals surface area contributed by atoms with Gasteiger partial charge in [-0.1, -0.05) is 27.7 Å². The lowest BCUT2D eigenvalue weighted by atomic mass is 9.82. The molecular weight excluding hydrogens is 256 g/mol. The van der Waals surface area contributed by atoms with Crippen molar-refractivity contribution in [3.63, 3.8) is 0 Å². The summed E-state index contributed by atoms with van der Waals surface area (Å²) in [6.45, 7) is 8.99. The molecule has 100 valence electrons. The molecule has 1 N–H and O–H groups in total. The second-order valence-corrected chi connectivity index (χ2v) is 5.62. The molecule has 0 fully saturated rings. The Morgan fingerprint density at radius 1 is 1.56 bits per heavy atom. The van der Waals surface area contributed by atoms with Crippen LogP contribution in [0.3, 0.4) is 0 Å². The van der Waals surface area contributed by atoms with Crippen molar-refractivity contribution in [1.82, 2.24) is 9.97 Å². The largest absolute Gasteiger partial charge is 0.364 e. The van der Waals surface area contributed by atoms with E-state index in [1.54, 1.807) is 0 Å². The van der Waals surface area contributed by atoms with Crippen molar-refractivity contribution in [2.45, 2.75) is 27.7 Å². The predicted octanol–water partition coefficient (Wildman–Crippen LogP) is 3.13. The van der Waals surface area contributed by atoms with Crippen molar-refractivity contribution in [3.05, 3.63) is 21.6 Å². The Bertz CT molecular complexity index is 445. The third-order valence-corrected chi connectivity index (χ3v) is 3.17. The van der Waals surface area contributed by atoms with Crippen molar-refractivity contribution in [2.75, 3.05) is 11.9 Å². The topological polar surface area (TPSA) is 81.0 Å². The summed E-state index contributed by atoms with van der Waals surface area (Å²) >= 11 is 5.64. The molecule has 1 heterocycles. The summed E-state index contributed by atoms with van der Waals surface area (Å²) in [5, 5.41) is 13.8. The van der Waals surface area contributed by atoms with Gasteiger partial charge in [-0.05, 0) is 22.9 Å². The van der Waals surface area contributed by atoms with E-state index in [9.17, 15) is 10.1 Å². The Hall–Kier alpha value is -1.43. The lowest BCUT2D eigenvalue weighted by Crippen LogP contribution is -2.25. The fourth-order valence-corrected chi connectivity index (χ4v) is 1.31. The highest BCUT2D eigenvalue weighted by Gasteiger charge is 2.22. The van der Waals surface area contributed by atoms with Crippen LogP contribution in [-0.2, 0) is 0 Å². The van der Waals surface area contributed by atoms with Gasteiger partial charge in [-0.25, -0.2) is 4.98 Å². The number of hydrogen-bond acceptors (Lipinski definition) is 5. The molecule has 7 heteroatoms. The van der Waals surface area contributed by atoms with Gasteiger partial charge >= 0.3 is 5.69 Å². The molecule has 0 saturated heterocycles. The smallest absolute Gasteiger partial charge is 0.329 e. The monoisotopic (exact) mass is 272 g/mol. The molecule has 0 aliphatic heterocycles. The molecule has 0 bridgehead atoms. The molecule has 1 aromatic rings. The predicted molar refractivity (Wildman–Crippen MR) is 70.8 cm³/mol. The van der Waals surface area contributed by atoms with Gasteiger partial charge in [-0.3, -0.25) is 10.1 Å². The van der Waals surface area contributed by atoms with Crippen LogP contribution in [0.5, 0.6) is 0 Å². The summed E-state index contributed by atoms with van der Waals surface area (Å²) in [6, 6.07) is 0. The SMILES string of the molecule is CC(CNc1nc(Cl)ncc1[N+](=O)[O-])C(C)(C)C. The summed E-state index contributed by atoms with van der Waals surface area (Å²) in [4.78, 5) is 17.7. The number of aromatic nitrogens is 2. The van der Waals surface area contributed by atoms with Crippen molar-refractivity contribution in [1.29, 1.82) is 0 Å². The maximum atomic E-state index is 10.8. The molecule has 0 amide bonds. The van der Waals surface area contributed by atoms with Crippen LogP contribution in [0.2, 0.25) is 5.28 Å². The molecule has 0 saturated carbocycles. The van der Waals surface area contributed by atoms with Crippen molar-refractivity contribution in [2.24, 2.45) is 11.3 Å². The molecule has 0 aliphatic rings. The average molecular weight is 273 g/mol. The molecular formula is C11H17ClN4O2. The molecule has 0 aromatic carbocycles. The van der Waals surface area contributed by atoms with E-state index in [0.29, 0.717) is 12.5 Å². The number of hydrogen-bond donors (Lipinski definition) is 1. The number of anilines is 1. The summed E-state index contributed by atoms with van der Waals surface area (Å²) in [5.41, 5.74) is -0.0565. The van der Waals surface area contributed by atoms with Crippen LogP contribution in [0, 0.1) is 21.4 Å². The first-order chi connectivity index (χ1) is 8.21. The van der Waals surface area contributed by atoms with E-state index in [1.165, 1.54) is 0 Å². The first kappa shape index (κ1) is 14.6. The normalized spacial score (nSPS) is 13.2. The van der Waals surface area contributed by atoms with E-state index >= 15 is 0 Å². The molecule has 0 aliphatic carbocycles. The lowest BCUT2D eigenvalue weighted by molar-refractivity contribution is -0.384.